The van der Waals surface area contributed by atoms with E-state index in [4.69, 9.17) is 15.3 Å². The Labute approximate surface area is 275 Å². The van der Waals surface area contributed by atoms with Gasteiger partial charge in [-0.1, -0.05) is 84.6 Å². The van der Waals surface area contributed by atoms with Gasteiger partial charge in [-0.3, -0.25) is 0 Å². The van der Waals surface area contributed by atoms with Gasteiger partial charge in [-0.05, 0) is 139 Å². The Morgan fingerprint density at radius 3 is 1.36 bits per heavy atom. The first kappa shape index (κ1) is 49.2. The Morgan fingerprint density at radius 2 is 1.05 bits per heavy atom. The van der Waals surface area contributed by atoms with Gasteiger partial charge in [-0.15, -0.1) is 6.58 Å². The molecule has 2 atom stereocenters. The lowest BCUT2D eigenvalue weighted by Gasteiger charge is -2.17. The van der Waals surface area contributed by atoms with Crippen molar-refractivity contribution in [3.8, 4) is 0 Å². The molecule has 0 aliphatic carbocycles. The van der Waals surface area contributed by atoms with Crippen molar-refractivity contribution in [2.45, 2.75) is 153 Å². The molecule has 44 heavy (non-hydrogen) atoms. The standard InChI is InChI=1S/C10H20O.2C10H18O.C10H20O/c3*1-9(2)5-4-6-10(3)7-8-11;1-5-9(2)7-6-8-10(3,4)11/h5,10-11H,4,6-8H2,1-3H3;2*5,7,11H,4,6,8H2,1-3H3;5,9,11H,1,6-8H2,2-4H3/b;10-7+;10-7-;. The molecule has 0 bridgehead atoms. The first-order valence-electron chi connectivity index (χ1n) is 16.8. The molecule has 0 heterocycles. The minimum absolute atomic E-state index is 0.167. The predicted molar refractivity (Wildman–Crippen MR) is 198 cm³/mol. The van der Waals surface area contributed by atoms with Crippen molar-refractivity contribution in [2.75, 3.05) is 19.8 Å². The fourth-order valence-corrected chi connectivity index (χ4v) is 3.69. The summed E-state index contributed by atoms with van der Waals surface area (Å²) < 4.78 is 0. The van der Waals surface area contributed by atoms with E-state index in [1.807, 2.05) is 32.1 Å². The van der Waals surface area contributed by atoms with Crippen molar-refractivity contribution < 1.29 is 20.4 Å². The summed E-state index contributed by atoms with van der Waals surface area (Å²) >= 11 is 0. The highest BCUT2D eigenvalue weighted by Gasteiger charge is 2.11. The fraction of sp³-hybridized carbons (Fsp3) is 0.700. The molecule has 0 radical (unpaired) electrons. The summed E-state index contributed by atoms with van der Waals surface area (Å²) in [6.45, 7) is 29.2. The smallest absolute Gasteiger partial charge is 0.0614 e. The lowest BCUT2D eigenvalue weighted by molar-refractivity contribution is 0.0675. The average molecular weight is 621 g/mol. The van der Waals surface area contributed by atoms with Crippen LogP contribution >= 0.6 is 0 Å². The molecule has 4 nitrogen and oxygen atoms in total. The summed E-state index contributed by atoms with van der Waals surface area (Å²) in [6, 6.07) is 0. The van der Waals surface area contributed by atoms with Gasteiger partial charge in [0.2, 0.25) is 0 Å². The van der Waals surface area contributed by atoms with E-state index in [0.29, 0.717) is 18.4 Å². The molecule has 0 aromatic heterocycles. The third-order valence-electron chi connectivity index (χ3n) is 6.75. The van der Waals surface area contributed by atoms with E-state index in [1.165, 1.54) is 34.3 Å². The van der Waals surface area contributed by atoms with Crippen LogP contribution in [0.2, 0.25) is 0 Å². The molecule has 4 heteroatoms. The summed E-state index contributed by atoms with van der Waals surface area (Å²) in [4.78, 5) is 0. The van der Waals surface area contributed by atoms with E-state index in [0.717, 1.165) is 57.8 Å². The van der Waals surface area contributed by atoms with Crippen LogP contribution in [0.15, 0.2) is 70.9 Å². The molecule has 0 aliphatic rings. The second-order valence-corrected chi connectivity index (χ2v) is 13.5. The Bertz CT molecular complexity index is 756. The molecule has 0 rings (SSSR count). The van der Waals surface area contributed by atoms with Gasteiger partial charge in [0.15, 0.2) is 0 Å². The highest BCUT2D eigenvalue weighted by atomic mass is 16.3. The topological polar surface area (TPSA) is 80.9 Å². The molecule has 2 unspecified atom stereocenters. The van der Waals surface area contributed by atoms with Crippen LogP contribution in [0.4, 0.5) is 0 Å². The molecule has 4 N–H and O–H groups in total. The van der Waals surface area contributed by atoms with Gasteiger partial charge in [0.25, 0.3) is 0 Å². The number of allylic oxidation sites excluding steroid dienone is 9. The van der Waals surface area contributed by atoms with Crippen LogP contribution < -0.4 is 0 Å². The first-order valence-corrected chi connectivity index (χ1v) is 16.8. The van der Waals surface area contributed by atoms with Crippen LogP contribution in [0.5, 0.6) is 0 Å². The molecule has 0 saturated carbocycles. The highest BCUT2D eigenvalue weighted by molar-refractivity contribution is 5.02. The van der Waals surface area contributed by atoms with Crippen LogP contribution in [0, 0.1) is 11.8 Å². The van der Waals surface area contributed by atoms with Gasteiger partial charge in [-0.2, -0.15) is 0 Å². The Morgan fingerprint density at radius 1 is 0.636 bits per heavy atom. The average Bonchev–Trinajstić information content (AvgIpc) is 2.89. The van der Waals surface area contributed by atoms with E-state index in [9.17, 15) is 5.11 Å². The monoisotopic (exact) mass is 621 g/mol. The number of hydrogen-bond donors (Lipinski definition) is 4. The second-order valence-electron chi connectivity index (χ2n) is 13.5. The van der Waals surface area contributed by atoms with Crippen LogP contribution in [0.1, 0.15) is 147 Å². The van der Waals surface area contributed by atoms with E-state index < -0.39 is 5.60 Å². The molecule has 0 aliphatic heterocycles. The van der Waals surface area contributed by atoms with Gasteiger partial charge in [-0.25, -0.2) is 0 Å². The predicted octanol–water partition coefficient (Wildman–Crippen LogP) is 10.8. The summed E-state index contributed by atoms with van der Waals surface area (Å²) in [6.07, 6.45) is 23.1. The third kappa shape index (κ3) is 52.9. The third-order valence-corrected chi connectivity index (χ3v) is 6.75. The zero-order valence-electron chi connectivity index (χ0n) is 31.3. The minimum atomic E-state index is -0.499. The number of rotatable bonds is 18. The summed E-state index contributed by atoms with van der Waals surface area (Å²) in [7, 11) is 0. The molecule has 0 aromatic rings. The SMILES string of the molecule is C=CC(C)CCCC(C)(C)O.CC(C)=CCC/C(C)=C/CO.CC(C)=CCC/C(C)=C\CO.CC(C)=CCCC(C)CCO. The molecule has 0 fully saturated rings. The molecular formula is C40H76O4. The Kier molecular flexibility index (Phi) is 38.2. The Hall–Kier alpha value is -1.72. The fourth-order valence-electron chi connectivity index (χ4n) is 3.69. The van der Waals surface area contributed by atoms with Crippen molar-refractivity contribution in [2.24, 2.45) is 11.8 Å². The molecule has 260 valence electrons. The summed E-state index contributed by atoms with van der Waals surface area (Å²) in [5.41, 5.74) is 6.15. The maximum atomic E-state index is 9.38. The van der Waals surface area contributed by atoms with Crippen LogP contribution in [-0.2, 0) is 0 Å². The van der Waals surface area contributed by atoms with Crippen LogP contribution in [-0.4, -0.2) is 45.8 Å². The minimum Gasteiger partial charge on any atom is -0.396 e. The second kappa shape index (κ2) is 34.2. The Balaban J connectivity index is -0.000000242. The number of aliphatic hydroxyl groups is 4. The normalized spacial score (nSPS) is 12.5. The van der Waals surface area contributed by atoms with Crippen molar-refractivity contribution in [3.05, 3.63) is 70.9 Å². The van der Waals surface area contributed by atoms with E-state index in [1.54, 1.807) is 0 Å². The largest absolute Gasteiger partial charge is 0.396 e. The number of aliphatic hydroxyl groups excluding tert-OH is 3. The van der Waals surface area contributed by atoms with Gasteiger partial charge in [0, 0.05) is 6.61 Å². The molecule has 0 aromatic carbocycles. The summed E-state index contributed by atoms with van der Waals surface area (Å²) in [5, 5.41) is 35.1. The van der Waals surface area contributed by atoms with Crippen molar-refractivity contribution in [3.63, 3.8) is 0 Å². The number of hydrogen-bond acceptors (Lipinski definition) is 4. The highest BCUT2D eigenvalue weighted by Crippen LogP contribution is 2.16. The zero-order valence-corrected chi connectivity index (χ0v) is 31.3. The maximum Gasteiger partial charge on any atom is 0.0614 e. The van der Waals surface area contributed by atoms with Crippen LogP contribution in [0.25, 0.3) is 0 Å². The maximum absolute atomic E-state index is 9.38. The van der Waals surface area contributed by atoms with E-state index in [-0.39, 0.29) is 13.2 Å². The van der Waals surface area contributed by atoms with E-state index >= 15 is 0 Å². The van der Waals surface area contributed by atoms with Crippen molar-refractivity contribution in [1.82, 2.24) is 0 Å². The van der Waals surface area contributed by atoms with Gasteiger partial charge >= 0.3 is 0 Å². The quantitative estimate of drug-likeness (QED) is 0.115. The summed E-state index contributed by atoms with van der Waals surface area (Å²) in [5.74, 6) is 1.24. The van der Waals surface area contributed by atoms with Gasteiger partial charge in [0.05, 0.1) is 18.8 Å². The first-order chi connectivity index (χ1) is 20.4. The lowest BCUT2D eigenvalue weighted by atomic mass is 9.97. The van der Waals surface area contributed by atoms with Gasteiger partial charge < -0.3 is 20.4 Å². The molecule has 0 spiro atoms. The lowest BCUT2D eigenvalue weighted by Crippen LogP contribution is -2.18. The van der Waals surface area contributed by atoms with Crippen molar-refractivity contribution >= 4 is 0 Å². The molecule has 0 saturated heterocycles. The molecular weight excluding hydrogens is 544 g/mol. The zero-order chi connectivity index (χ0) is 35.0. The molecule has 0 amide bonds. The van der Waals surface area contributed by atoms with Crippen LogP contribution in [0.3, 0.4) is 0 Å². The van der Waals surface area contributed by atoms with Crippen molar-refractivity contribution in [1.29, 1.82) is 0 Å². The van der Waals surface area contributed by atoms with Gasteiger partial charge in [0.1, 0.15) is 0 Å². The van der Waals surface area contributed by atoms with E-state index in [2.05, 4.69) is 94.0 Å².